The SMILES string of the molecule is COC(=O)C1=C(C)N(Cc2ccccc2)C(=O)[C@@]1(NC(=O)CCc1ccccc1)C(F)(F)F. The van der Waals surface area contributed by atoms with Crippen LogP contribution in [0.15, 0.2) is 71.9 Å². The van der Waals surface area contributed by atoms with Crippen molar-refractivity contribution < 1.29 is 32.3 Å². The molecule has 2 amide bonds. The van der Waals surface area contributed by atoms with E-state index in [1.807, 2.05) is 5.32 Å². The number of hydrogen-bond acceptors (Lipinski definition) is 4. The van der Waals surface area contributed by atoms with E-state index in [4.69, 9.17) is 0 Å². The van der Waals surface area contributed by atoms with Gasteiger partial charge in [-0.1, -0.05) is 60.7 Å². The predicted octanol–water partition coefficient (Wildman–Crippen LogP) is 3.53. The van der Waals surface area contributed by atoms with Crippen molar-refractivity contribution in [3.8, 4) is 0 Å². The third-order valence-corrected chi connectivity index (χ3v) is 5.52. The topological polar surface area (TPSA) is 75.7 Å². The second-order valence-corrected chi connectivity index (χ2v) is 7.61. The van der Waals surface area contributed by atoms with E-state index in [1.54, 1.807) is 60.7 Å². The Balaban J connectivity index is 1.99. The Morgan fingerprint density at radius 2 is 1.55 bits per heavy atom. The van der Waals surface area contributed by atoms with Crippen LogP contribution in [0, 0.1) is 0 Å². The third kappa shape index (κ3) is 4.62. The molecule has 1 aliphatic heterocycles. The van der Waals surface area contributed by atoms with Gasteiger partial charge in [-0.2, -0.15) is 13.2 Å². The van der Waals surface area contributed by atoms with E-state index in [9.17, 15) is 27.6 Å². The first-order valence-electron chi connectivity index (χ1n) is 10.2. The second kappa shape index (κ2) is 9.48. The Morgan fingerprint density at radius 3 is 2.06 bits per heavy atom. The molecule has 6 nitrogen and oxygen atoms in total. The average molecular weight is 460 g/mol. The van der Waals surface area contributed by atoms with Crippen LogP contribution < -0.4 is 5.32 Å². The van der Waals surface area contributed by atoms with Crippen LogP contribution in [0.5, 0.6) is 0 Å². The summed E-state index contributed by atoms with van der Waals surface area (Å²) in [5.41, 5.74) is -3.39. The zero-order valence-electron chi connectivity index (χ0n) is 18.1. The number of rotatable bonds is 7. The quantitative estimate of drug-likeness (QED) is 0.642. The summed E-state index contributed by atoms with van der Waals surface area (Å²) in [5.74, 6) is -3.80. The predicted molar refractivity (Wildman–Crippen MR) is 113 cm³/mol. The van der Waals surface area contributed by atoms with Crippen molar-refractivity contribution >= 4 is 17.8 Å². The number of aryl methyl sites for hydroxylation is 1. The molecule has 2 aromatic rings. The highest BCUT2D eigenvalue weighted by Gasteiger charge is 2.70. The summed E-state index contributed by atoms with van der Waals surface area (Å²) in [4.78, 5) is 39.2. The second-order valence-electron chi connectivity index (χ2n) is 7.61. The maximum Gasteiger partial charge on any atom is 0.425 e. The minimum absolute atomic E-state index is 0.165. The van der Waals surface area contributed by atoms with Crippen LogP contribution in [0.3, 0.4) is 0 Å². The number of nitrogens with one attached hydrogen (secondary N) is 1. The zero-order valence-corrected chi connectivity index (χ0v) is 18.1. The first-order chi connectivity index (χ1) is 15.6. The van der Waals surface area contributed by atoms with Gasteiger partial charge >= 0.3 is 12.1 Å². The number of halogens is 3. The monoisotopic (exact) mass is 460 g/mol. The largest absolute Gasteiger partial charge is 0.466 e. The van der Waals surface area contributed by atoms with Gasteiger partial charge in [-0.15, -0.1) is 0 Å². The molecule has 33 heavy (non-hydrogen) atoms. The molecule has 2 aromatic carbocycles. The number of alkyl halides is 3. The molecule has 0 saturated carbocycles. The number of carbonyl (C=O) groups excluding carboxylic acids is 3. The van der Waals surface area contributed by atoms with Crippen LogP contribution in [-0.4, -0.2) is 41.5 Å². The normalized spacial score (nSPS) is 18.5. The molecule has 9 heteroatoms. The molecule has 0 aromatic heterocycles. The fourth-order valence-corrected chi connectivity index (χ4v) is 3.85. The van der Waals surface area contributed by atoms with Gasteiger partial charge in [0.2, 0.25) is 11.4 Å². The van der Waals surface area contributed by atoms with Crippen molar-refractivity contribution in [2.45, 2.75) is 38.0 Å². The number of carbonyl (C=O) groups is 3. The number of amides is 2. The van der Waals surface area contributed by atoms with Gasteiger partial charge in [0, 0.05) is 12.1 Å². The summed E-state index contributed by atoms with van der Waals surface area (Å²) >= 11 is 0. The Hall–Kier alpha value is -3.62. The third-order valence-electron chi connectivity index (χ3n) is 5.52. The lowest BCUT2D eigenvalue weighted by Gasteiger charge is -2.33. The van der Waals surface area contributed by atoms with Crippen LogP contribution in [0.4, 0.5) is 13.2 Å². The Bertz CT molecular complexity index is 1070. The lowest BCUT2D eigenvalue weighted by Crippen LogP contribution is -2.66. The minimum atomic E-state index is -5.29. The summed E-state index contributed by atoms with van der Waals surface area (Å²) in [7, 11) is 0.922. The number of esters is 1. The molecule has 1 atom stereocenters. The number of methoxy groups -OCH3 is 1. The molecule has 0 spiro atoms. The van der Waals surface area contributed by atoms with Gasteiger partial charge in [-0.05, 0) is 24.5 Å². The van der Waals surface area contributed by atoms with Crippen LogP contribution in [0.25, 0.3) is 0 Å². The first kappa shape index (κ1) is 24.0. The molecule has 0 radical (unpaired) electrons. The summed E-state index contributed by atoms with van der Waals surface area (Å²) in [6.45, 7) is 1.03. The molecule has 174 valence electrons. The van der Waals surface area contributed by atoms with Crippen molar-refractivity contribution in [1.82, 2.24) is 10.2 Å². The molecular formula is C24H23F3N2O4. The number of allylic oxidation sites excluding steroid dienone is 1. The summed E-state index contributed by atoms with van der Waals surface area (Å²) in [6, 6.07) is 17.1. The summed E-state index contributed by atoms with van der Waals surface area (Å²) in [5, 5.41) is 1.85. The molecule has 0 bridgehead atoms. The molecule has 0 aliphatic carbocycles. The van der Waals surface area contributed by atoms with Crippen molar-refractivity contribution in [1.29, 1.82) is 0 Å². The van der Waals surface area contributed by atoms with Crippen LogP contribution in [0.1, 0.15) is 24.5 Å². The van der Waals surface area contributed by atoms with E-state index in [1.165, 1.54) is 6.92 Å². The number of benzene rings is 2. The Labute approximate surface area is 189 Å². The van der Waals surface area contributed by atoms with Gasteiger partial charge in [0.1, 0.15) is 5.57 Å². The summed E-state index contributed by atoms with van der Waals surface area (Å²) < 4.78 is 48.1. The number of ether oxygens (including phenoxy) is 1. The maximum absolute atomic E-state index is 14.5. The molecule has 1 N–H and O–H groups in total. The van der Waals surface area contributed by atoms with E-state index < -0.39 is 35.1 Å². The van der Waals surface area contributed by atoms with Crippen molar-refractivity contribution in [2.75, 3.05) is 7.11 Å². The Kier molecular flexibility index (Phi) is 6.90. The van der Waals surface area contributed by atoms with E-state index in [2.05, 4.69) is 4.74 Å². The van der Waals surface area contributed by atoms with Crippen LogP contribution >= 0.6 is 0 Å². The lowest BCUT2D eigenvalue weighted by atomic mass is 9.88. The van der Waals surface area contributed by atoms with Gasteiger partial charge < -0.3 is 15.0 Å². The molecular weight excluding hydrogens is 437 g/mol. The number of hydrogen-bond donors (Lipinski definition) is 1. The number of nitrogens with zero attached hydrogens (tertiary/aromatic N) is 1. The van der Waals surface area contributed by atoms with Crippen LogP contribution in [-0.2, 0) is 32.1 Å². The van der Waals surface area contributed by atoms with E-state index in [-0.39, 0.29) is 25.1 Å². The Morgan fingerprint density at radius 1 is 1.00 bits per heavy atom. The van der Waals surface area contributed by atoms with Gasteiger partial charge in [0.05, 0.1) is 13.7 Å². The van der Waals surface area contributed by atoms with Gasteiger partial charge in [-0.25, -0.2) is 4.79 Å². The van der Waals surface area contributed by atoms with E-state index >= 15 is 0 Å². The highest BCUT2D eigenvalue weighted by atomic mass is 19.4. The van der Waals surface area contributed by atoms with E-state index in [0.717, 1.165) is 17.6 Å². The fourth-order valence-electron chi connectivity index (χ4n) is 3.85. The van der Waals surface area contributed by atoms with Crippen LogP contribution in [0.2, 0.25) is 0 Å². The van der Waals surface area contributed by atoms with Crippen molar-refractivity contribution in [3.05, 3.63) is 83.1 Å². The van der Waals surface area contributed by atoms with E-state index in [0.29, 0.717) is 5.56 Å². The summed E-state index contributed by atoms with van der Waals surface area (Å²) in [6.07, 6.45) is -5.43. The first-order valence-corrected chi connectivity index (χ1v) is 10.2. The molecule has 0 fully saturated rings. The van der Waals surface area contributed by atoms with Crippen molar-refractivity contribution in [2.24, 2.45) is 0 Å². The van der Waals surface area contributed by atoms with Gasteiger partial charge in [-0.3, -0.25) is 9.59 Å². The van der Waals surface area contributed by atoms with Gasteiger partial charge in [0.15, 0.2) is 0 Å². The molecule has 1 aliphatic rings. The highest BCUT2D eigenvalue weighted by Crippen LogP contribution is 2.45. The average Bonchev–Trinajstić information content (AvgIpc) is 3.00. The standard InChI is InChI=1S/C24H23F3N2O4/c1-16-20(21(31)33-2)23(24(25,26)27,22(32)29(16)15-18-11-7-4-8-12-18)28-19(30)14-13-17-9-5-3-6-10-17/h3-12H,13-15H2,1-2H3,(H,28,30)/t23-/m1/s1. The lowest BCUT2D eigenvalue weighted by molar-refractivity contribution is -0.196. The minimum Gasteiger partial charge on any atom is -0.466 e. The molecule has 3 rings (SSSR count). The highest BCUT2D eigenvalue weighted by molar-refractivity contribution is 6.10. The van der Waals surface area contributed by atoms with Gasteiger partial charge in [0.25, 0.3) is 5.91 Å². The maximum atomic E-state index is 14.5. The zero-order chi connectivity index (χ0) is 24.2. The fraction of sp³-hybridized carbons (Fsp3) is 0.292. The molecule has 0 saturated heterocycles. The van der Waals surface area contributed by atoms with Crippen molar-refractivity contribution in [3.63, 3.8) is 0 Å². The molecule has 1 heterocycles. The smallest absolute Gasteiger partial charge is 0.425 e. The molecule has 0 unspecified atom stereocenters.